The van der Waals surface area contributed by atoms with Gasteiger partial charge in [0.05, 0.1) is 6.04 Å². The van der Waals surface area contributed by atoms with Crippen molar-refractivity contribution in [2.24, 2.45) is 10.9 Å². The first-order valence-corrected chi connectivity index (χ1v) is 5.93. The Balaban J connectivity index is 2.22. The van der Waals surface area contributed by atoms with Crippen LogP contribution in [0.3, 0.4) is 0 Å². The number of hydrogen-bond donors (Lipinski definition) is 0. The summed E-state index contributed by atoms with van der Waals surface area (Å²) in [6.45, 7) is 2.24. The zero-order valence-corrected chi connectivity index (χ0v) is 9.17. The molecule has 0 amide bonds. The zero-order chi connectivity index (χ0) is 10.2. The van der Waals surface area contributed by atoms with Gasteiger partial charge in [-0.3, -0.25) is 0 Å². The molecular weight excluding hydrogens is 174 g/mol. The van der Waals surface area contributed by atoms with Crippen LogP contribution < -0.4 is 0 Å². The lowest BCUT2D eigenvalue weighted by Crippen LogP contribution is -2.18. The van der Waals surface area contributed by atoms with Crippen LogP contribution in [-0.2, 0) is 4.79 Å². The maximum Gasteiger partial charge on any atom is 0.235 e. The van der Waals surface area contributed by atoms with E-state index in [1.54, 1.807) is 6.08 Å². The van der Waals surface area contributed by atoms with Gasteiger partial charge in [0.15, 0.2) is 0 Å². The van der Waals surface area contributed by atoms with Crippen LogP contribution in [-0.4, -0.2) is 12.1 Å². The van der Waals surface area contributed by atoms with E-state index >= 15 is 0 Å². The monoisotopic (exact) mass is 195 g/mol. The predicted molar refractivity (Wildman–Crippen MR) is 58.0 cm³/mol. The fourth-order valence-corrected chi connectivity index (χ4v) is 2.40. The van der Waals surface area contributed by atoms with E-state index in [0.29, 0.717) is 0 Å². The molecule has 0 saturated heterocycles. The van der Waals surface area contributed by atoms with Crippen molar-refractivity contribution in [3.8, 4) is 0 Å². The first-order valence-electron chi connectivity index (χ1n) is 5.93. The Kier molecular flexibility index (Phi) is 5.55. The van der Waals surface area contributed by atoms with Crippen molar-refractivity contribution in [1.82, 2.24) is 0 Å². The molecule has 0 spiro atoms. The summed E-state index contributed by atoms with van der Waals surface area (Å²) < 4.78 is 0. The molecule has 0 bridgehead atoms. The van der Waals surface area contributed by atoms with Gasteiger partial charge in [-0.05, 0) is 18.8 Å². The first kappa shape index (κ1) is 11.5. The number of unbranched alkanes of at least 4 members (excludes halogenated alkanes) is 2. The van der Waals surface area contributed by atoms with Crippen molar-refractivity contribution in [1.29, 1.82) is 0 Å². The summed E-state index contributed by atoms with van der Waals surface area (Å²) in [5, 5.41) is 0. The molecule has 1 aliphatic carbocycles. The minimum absolute atomic E-state index is 0.285. The van der Waals surface area contributed by atoms with Gasteiger partial charge < -0.3 is 0 Å². The highest BCUT2D eigenvalue weighted by Gasteiger charge is 2.20. The highest BCUT2D eigenvalue weighted by Crippen LogP contribution is 2.29. The first-order chi connectivity index (χ1) is 6.86. The number of nitrogens with zero attached hydrogens (tertiary/aromatic N) is 1. The fourth-order valence-electron chi connectivity index (χ4n) is 2.40. The Bertz CT molecular complexity index is 196. The van der Waals surface area contributed by atoms with Crippen LogP contribution in [0.25, 0.3) is 0 Å². The molecule has 0 aromatic heterocycles. The minimum Gasteiger partial charge on any atom is -0.211 e. The van der Waals surface area contributed by atoms with Gasteiger partial charge in [-0.25, -0.2) is 9.79 Å². The van der Waals surface area contributed by atoms with Crippen LogP contribution in [0.4, 0.5) is 0 Å². The summed E-state index contributed by atoms with van der Waals surface area (Å²) in [6.07, 6.45) is 11.8. The molecule has 2 nitrogen and oxygen atoms in total. The van der Waals surface area contributed by atoms with Gasteiger partial charge in [0.1, 0.15) is 0 Å². The Morgan fingerprint density at radius 1 is 1.36 bits per heavy atom. The summed E-state index contributed by atoms with van der Waals surface area (Å²) in [7, 11) is 0. The zero-order valence-electron chi connectivity index (χ0n) is 9.17. The summed E-state index contributed by atoms with van der Waals surface area (Å²) in [5.41, 5.74) is 0. The van der Waals surface area contributed by atoms with Crippen LogP contribution in [0, 0.1) is 5.92 Å². The van der Waals surface area contributed by atoms with Crippen molar-refractivity contribution in [3.63, 3.8) is 0 Å². The molecule has 0 N–H and O–H groups in total. The van der Waals surface area contributed by atoms with E-state index in [1.807, 2.05) is 0 Å². The molecule has 0 aromatic carbocycles. The number of isocyanates is 1. The van der Waals surface area contributed by atoms with Crippen molar-refractivity contribution in [2.75, 3.05) is 0 Å². The summed E-state index contributed by atoms with van der Waals surface area (Å²) in [6, 6.07) is 0.285. The van der Waals surface area contributed by atoms with Gasteiger partial charge >= 0.3 is 0 Å². The van der Waals surface area contributed by atoms with E-state index in [1.165, 1.54) is 38.5 Å². The Labute approximate surface area is 86.8 Å². The Morgan fingerprint density at radius 3 is 2.93 bits per heavy atom. The van der Waals surface area contributed by atoms with E-state index in [2.05, 4.69) is 11.9 Å². The van der Waals surface area contributed by atoms with E-state index in [9.17, 15) is 4.79 Å². The second-order valence-electron chi connectivity index (χ2n) is 4.40. The lowest BCUT2D eigenvalue weighted by Gasteiger charge is -2.25. The SMILES string of the molecule is CCCCCC1CCCC(N=C=O)C1. The average Bonchev–Trinajstić information content (AvgIpc) is 2.19. The third-order valence-electron chi connectivity index (χ3n) is 3.21. The van der Waals surface area contributed by atoms with E-state index in [0.717, 1.165) is 18.8 Å². The van der Waals surface area contributed by atoms with Gasteiger partial charge in [0.25, 0.3) is 0 Å². The maximum absolute atomic E-state index is 10.1. The second-order valence-corrected chi connectivity index (χ2v) is 4.40. The predicted octanol–water partition coefficient (Wildman–Crippen LogP) is 3.46. The van der Waals surface area contributed by atoms with Gasteiger partial charge in [0, 0.05) is 0 Å². The van der Waals surface area contributed by atoms with Gasteiger partial charge in [-0.1, -0.05) is 45.4 Å². The molecule has 0 heterocycles. The van der Waals surface area contributed by atoms with Crippen molar-refractivity contribution >= 4 is 6.08 Å². The third-order valence-corrected chi connectivity index (χ3v) is 3.21. The van der Waals surface area contributed by atoms with Gasteiger partial charge in [-0.2, -0.15) is 0 Å². The summed E-state index contributed by atoms with van der Waals surface area (Å²) >= 11 is 0. The average molecular weight is 195 g/mol. The Hall–Kier alpha value is -0.620. The molecule has 80 valence electrons. The lowest BCUT2D eigenvalue weighted by atomic mass is 9.83. The molecule has 0 aliphatic heterocycles. The fraction of sp³-hybridized carbons (Fsp3) is 0.917. The van der Waals surface area contributed by atoms with Gasteiger partial charge in [-0.15, -0.1) is 0 Å². The molecule has 14 heavy (non-hydrogen) atoms. The molecule has 1 rings (SSSR count). The molecular formula is C12H21NO. The molecule has 1 saturated carbocycles. The van der Waals surface area contributed by atoms with Crippen molar-refractivity contribution in [3.05, 3.63) is 0 Å². The van der Waals surface area contributed by atoms with Crippen LogP contribution in [0.5, 0.6) is 0 Å². The maximum atomic E-state index is 10.1. The highest BCUT2D eigenvalue weighted by molar-refractivity contribution is 5.33. The van der Waals surface area contributed by atoms with Crippen LogP contribution >= 0.6 is 0 Å². The lowest BCUT2D eigenvalue weighted by molar-refractivity contribution is 0.300. The number of carbonyl (C=O) groups excluding carboxylic acids is 1. The van der Waals surface area contributed by atoms with Crippen molar-refractivity contribution in [2.45, 2.75) is 64.3 Å². The molecule has 1 fully saturated rings. The normalized spacial score (nSPS) is 26.9. The number of aliphatic imine (C=N–C) groups is 1. The quantitative estimate of drug-likeness (QED) is 0.375. The molecule has 2 unspecified atom stereocenters. The smallest absolute Gasteiger partial charge is 0.211 e. The van der Waals surface area contributed by atoms with Gasteiger partial charge in [0.2, 0.25) is 6.08 Å². The highest BCUT2D eigenvalue weighted by atomic mass is 16.1. The Morgan fingerprint density at radius 2 is 2.21 bits per heavy atom. The van der Waals surface area contributed by atoms with Crippen LogP contribution in [0.1, 0.15) is 58.3 Å². The summed E-state index contributed by atoms with van der Waals surface area (Å²) in [5.74, 6) is 0.817. The molecule has 0 radical (unpaired) electrons. The third kappa shape index (κ3) is 4.06. The topological polar surface area (TPSA) is 29.4 Å². The largest absolute Gasteiger partial charge is 0.235 e. The van der Waals surface area contributed by atoms with E-state index < -0.39 is 0 Å². The number of rotatable bonds is 5. The second kappa shape index (κ2) is 6.78. The molecule has 1 aliphatic rings. The summed E-state index contributed by atoms with van der Waals surface area (Å²) in [4.78, 5) is 14.0. The van der Waals surface area contributed by atoms with Crippen molar-refractivity contribution < 1.29 is 4.79 Å². The molecule has 2 atom stereocenters. The van der Waals surface area contributed by atoms with Crippen LogP contribution in [0.15, 0.2) is 4.99 Å². The van der Waals surface area contributed by atoms with E-state index in [-0.39, 0.29) is 6.04 Å². The standard InChI is InChI=1S/C12H21NO/c1-2-3-4-6-11-7-5-8-12(9-11)13-10-14/h11-12H,2-9H2,1H3. The van der Waals surface area contributed by atoms with Crippen LogP contribution in [0.2, 0.25) is 0 Å². The van der Waals surface area contributed by atoms with E-state index in [4.69, 9.17) is 0 Å². The molecule has 0 aromatic rings. The minimum atomic E-state index is 0.285. The molecule has 2 heteroatoms. The number of hydrogen-bond acceptors (Lipinski definition) is 2.